The Morgan fingerprint density at radius 1 is 1.29 bits per heavy atom. The summed E-state index contributed by atoms with van der Waals surface area (Å²) in [5.74, 6) is 0. The first-order chi connectivity index (χ1) is 6.86. The lowest BCUT2D eigenvalue weighted by Crippen LogP contribution is -2.18. The Hall–Kier alpha value is -1.05. The third-order valence-electron chi connectivity index (χ3n) is 3.45. The van der Waals surface area contributed by atoms with Gasteiger partial charge in [0.05, 0.1) is 18.0 Å². The molecule has 1 aliphatic heterocycles. The van der Waals surface area contributed by atoms with Crippen molar-refractivity contribution in [3.8, 4) is 0 Å². The largest absolute Gasteiger partial charge is 0.342 e. The van der Waals surface area contributed by atoms with Crippen LogP contribution in [0.15, 0.2) is 11.1 Å². The summed E-state index contributed by atoms with van der Waals surface area (Å²) in [5, 5.41) is 0. The zero-order valence-electron chi connectivity index (χ0n) is 8.71. The van der Waals surface area contributed by atoms with Crippen LogP contribution in [0.2, 0.25) is 0 Å². The molecule has 0 fully saturated rings. The Morgan fingerprint density at radius 3 is 3.07 bits per heavy atom. The predicted octanol–water partition coefficient (Wildman–Crippen LogP) is 2.19. The van der Waals surface area contributed by atoms with Crippen LogP contribution >= 0.6 is 0 Å². The van der Waals surface area contributed by atoms with Gasteiger partial charge in [-0.15, -0.1) is 0 Å². The van der Waals surface area contributed by atoms with E-state index in [-0.39, 0.29) is 0 Å². The summed E-state index contributed by atoms with van der Waals surface area (Å²) < 4.78 is 2.50. The highest BCUT2D eigenvalue weighted by atomic mass is 15.1. The molecule has 0 aromatic carbocycles. The average molecular weight is 188 g/mol. The van der Waals surface area contributed by atoms with Crippen LogP contribution in [0.1, 0.15) is 36.7 Å². The van der Waals surface area contributed by atoms with Gasteiger partial charge in [0.1, 0.15) is 0 Å². The number of aromatic nitrogens is 1. The highest BCUT2D eigenvalue weighted by Crippen LogP contribution is 2.26. The number of fused-ring (bicyclic) bond motifs is 3. The van der Waals surface area contributed by atoms with Crippen molar-refractivity contribution in [3.05, 3.63) is 23.0 Å². The lowest BCUT2D eigenvalue weighted by molar-refractivity contribution is 0.599. The molecule has 1 aromatic heterocycles. The van der Waals surface area contributed by atoms with E-state index in [1.54, 1.807) is 11.3 Å². The van der Waals surface area contributed by atoms with Crippen LogP contribution in [0.25, 0.3) is 0 Å². The molecule has 14 heavy (non-hydrogen) atoms. The lowest BCUT2D eigenvalue weighted by Gasteiger charge is -2.19. The number of hydrogen-bond donors (Lipinski definition) is 0. The van der Waals surface area contributed by atoms with Gasteiger partial charge in [-0.05, 0) is 44.2 Å². The van der Waals surface area contributed by atoms with Crippen molar-refractivity contribution in [1.29, 1.82) is 0 Å². The smallest absolute Gasteiger partial charge is 0.0623 e. The molecule has 0 amide bonds. The zero-order chi connectivity index (χ0) is 9.54. The molecule has 0 saturated carbocycles. The number of aliphatic imine (C=N–C) groups is 1. The van der Waals surface area contributed by atoms with E-state index in [1.165, 1.54) is 37.1 Å². The van der Waals surface area contributed by atoms with E-state index in [2.05, 4.69) is 22.5 Å². The van der Waals surface area contributed by atoms with Crippen LogP contribution in [0.5, 0.6) is 0 Å². The standard InChI is InChI=1S/C12H16N2/c1-9-12-8-10-4-2-3-5-11(10)14(12)7-6-13-9/h8H,2-7H2,1H3. The Labute approximate surface area is 84.7 Å². The maximum absolute atomic E-state index is 4.51. The molecule has 0 N–H and O–H groups in total. The van der Waals surface area contributed by atoms with Gasteiger partial charge in [-0.25, -0.2) is 0 Å². The van der Waals surface area contributed by atoms with Gasteiger partial charge < -0.3 is 4.57 Å². The Bertz CT molecular complexity index is 399. The molecule has 74 valence electrons. The molecule has 0 radical (unpaired) electrons. The van der Waals surface area contributed by atoms with Crippen LogP contribution < -0.4 is 0 Å². The molecular formula is C12H16N2. The Morgan fingerprint density at radius 2 is 2.14 bits per heavy atom. The first-order valence-electron chi connectivity index (χ1n) is 5.59. The lowest BCUT2D eigenvalue weighted by atomic mass is 9.98. The summed E-state index contributed by atoms with van der Waals surface area (Å²) in [6.45, 7) is 4.21. The fourth-order valence-corrected chi connectivity index (χ4v) is 2.72. The number of nitrogens with zero attached hydrogens (tertiary/aromatic N) is 2. The molecule has 0 unspecified atom stereocenters. The van der Waals surface area contributed by atoms with Crippen molar-refractivity contribution < 1.29 is 0 Å². The first kappa shape index (κ1) is 8.27. The molecule has 0 bridgehead atoms. The van der Waals surface area contributed by atoms with Crippen molar-refractivity contribution in [2.45, 2.75) is 39.2 Å². The highest BCUT2D eigenvalue weighted by Gasteiger charge is 2.20. The van der Waals surface area contributed by atoms with Gasteiger partial charge in [0, 0.05) is 12.2 Å². The minimum Gasteiger partial charge on any atom is -0.342 e. The van der Waals surface area contributed by atoms with E-state index < -0.39 is 0 Å². The van der Waals surface area contributed by atoms with Crippen LogP contribution in [0, 0.1) is 0 Å². The monoisotopic (exact) mass is 188 g/mol. The second-order valence-corrected chi connectivity index (χ2v) is 4.33. The molecule has 3 rings (SSSR count). The molecule has 1 aliphatic carbocycles. The quantitative estimate of drug-likeness (QED) is 0.594. The summed E-state index contributed by atoms with van der Waals surface area (Å²) >= 11 is 0. The molecular weight excluding hydrogens is 172 g/mol. The summed E-state index contributed by atoms with van der Waals surface area (Å²) in [4.78, 5) is 4.51. The Kier molecular flexibility index (Phi) is 1.76. The third-order valence-corrected chi connectivity index (χ3v) is 3.45. The van der Waals surface area contributed by atoms with Gasteiger partial charge in [-0.2, -0.15) is 0 Å². The zero-order valence-corrected chi connectivity index (χ0v) is 8.71. The van der Waals surface area contributed by atoms with E-state index in [0.717, 1.165) is 13.1 Å². The molecule has 0 atom stereocenters. The number of hydrogen-bond acceptors (Lipinski definition) is 1. The second-order valence-electron chi connectivity index (χ2n) is 4.33. The van der Waals surface area contributed by atoms with E-state index in [0.29, 0.717) is 0 Å². The molecule has 0 spiro atoms. The van der Waals surface area contributed by atoms with Gasteiger partial charge in [-0.3, -0.25) is 4.99 Å². The topological polar surface area (TPSA) is 17.3 Å². The molecule has 0 saturated heterocycles. The number of rotatable bonds is 0. The summed E-state index contributed by atoms with van der Waals surface area (Å²) in [7, 11) is 0. The summed E-state index contributed by atoms with van der Waals surface area (Å²) in [6, 6.07) is 2.37. The van der Waals surface area contributed by atoms with E-state index in [1.807, 2.05) is 0 Å². The number of aryl methyl sites for hydroxylation is 1. The predicted molar refractivity (Wildman–Crippen MR) is 58.2 cm³/mol. The van der Waals surface area contributed by atoms with Gasteiger partial charge >= 0.3 is 0 Å². The van der Waals surface area contributed by atoms with Crippen LogP contribution in [-0.4, -0.2) is 16.8 Å². The van der Waals surface area contributed by atoms with Crippen molar-refractivity contribution in [1.82, 2.24) is 4.57 Å². The normalized spacial score (nSPS) is 19.9. The summed E-state index contributed by atoms with van der Waals surface area (Å²) in [5.41, 5.74) is 5.79. The van der Waals surface area contributed by atoms with Crippen molar-refractivity contribution >= 4 is 5.71 Å². The Balaban J connectivity index is 2.17. The van der Waals surface area contributed by atoms with E-state index >= 15 is 0 Å². The van der Waals surface area contributed by atoms with Crippen molar-refractivity contribution in [2.75, 3.05) is 6.54 Å². The molecule has 2 nitrogen and oxygen atoms in total. The maximum atomic E-state index is 4.51. The van der Waals surface area contributed by atoms with Crippen molar-refractivity contribution in [2.24, 2.45) is 4.99 Å². The van der Waals surface area contributed by atoms with Gasteiger partial charge in [0.15, 0.2) is 0 Å². The minimum atomic E-state index is 0.972. The van der Waals surface area contributed by atoms with Gasteiger partial charge in [-0.1, -0.05) is 0 Å². The fourth-order valence-electron chi connectivity index (χ4n) is 2.72. The molecule has 2 aliphatic rings. The SMILES string of the molecule is CC1=NCCn2c1cc1c2CCCC1. The van der Waals surface area contributed by atoms with Gasteiger partial charge in [0.25, 0.3) is 0 Å². The van der Waals surface area contributed by atoms with Crippen LogP contribution in [-0.2, 0) is 19.4 Å². The van der Waals surface area contributed by atoms with E-state index in [4.69, 9.17) is 0 Å². The van der Waals surface area contributed by atoms with Crippen molar-refractivity contribution in [3.63, 3.8) is 0 Å². The minimum absolute atomic E-state index is 0.972. The molecule has 2 heterocycles. The maximum Gasteiger partial charge on any atom is 0.0623 e. The third kappa shape index (κ3) is 1.06. The molecule has 2 heteroatoms. The fraction of sp³-hybridized carbons (Fsp3) is 0.583. The first-order valence-corrected chi connectivity index (χ1v) is 5.59. The summed E-state index contributed by atoms with van der Waals surface area (Å²) in [6.07, 6.45) is 5.30. The van der Waals surface area contributed by atoms with Crippen LogP contribution in [0.4, 0.5) is 0 Å². The average Bonchev–Trinajstić information content (AvgIpc) is 2.59. The second kappa shape index (κ2) is 2.97. The van der Waals surface area contributed by atoms with E-state index in [9.17, 15) is 0 Å². The van der Waals surface area contributed by atoms with Gasteiger partial charge in [0.2, 0.25) is 0 Å². The van der Waals surface area contributed by atoms with Crippen LogP contribution in [0.3, 0.4) is 0 Å². The molecule has 1 aromatic rings. The highest BCUT2D eigenvalue weighted by molar-refractivity contribution is 5.98.